The van der Waals surface area contributed by atoms with Gasteiger partial charge in [-0.3, -0.25) is 24.2 Å². The Morgan fingerprint density at radius 3 is 2.60 bits per heavy atom. The minimum Gasteiger partial charge on any atom is -0.346 e. The maximum absolute atomic E-state index is 12.2. The summed E-state index contributed by atoms with van der Waals surface area (Å²) in [6, 6.07) is 0. The van der Waals surface area contributed by atoms with Gasteiger partial charge < -0.3 is 10.2 Å². The lowest BCUT2D eigenvalue weighted by molar-refractivity contribution is -0.129. The largest absolute Gasteiger partial charge is 0.346 e. The van der Waals surface area contributed by atoms with Gasteiger partial charge in [-0.05, 0) is 12.8 Å². The van der Waals surface area contributed by atoms with Gasteiger partial charge in [0, 0.05) is 51.6 Å². The Labute approximate surface area is 146 Å². The summed E-state index contributed by atoms with van der Waals surface area (Å²) in [5.74, 6) is 0.187. The van der Waals surface area contributed by atoms with E-state index in [1.54, 1.807) is 37.2 Å². The highest BCUT2D eigenvalue weighted by atomic mass is 16.2. The number of amides is 2. The number of aryl methyl sites for hydroxylation is 1. The fraction of sp³-hybridized carbons (Fsp3) is 0.471. The lowest BCUT2D eigenvalue weighted by atomic mass is 9.92. The number of likely N-dealkylation sites (tertiary alicyclic amines) is 1. The maximum atomic E-state index is 12.2. The molecule has 8 heteroatoms. The Hall–Kier alpha value is -2.77. The molecule has 132 valence electrons. The van der Waals surface area contributed by atoms with Gasteiger partial charge in [-0.2, -0.15) is 5.10 Å². The van der Waals surface area contributed by atoms with Crippen LogP contribution in [-0.2, 0) is 18.4 Å². The van der Waals surface area contributed by atoms with Gasteiger partial charge in [0.05, 0.1) is 29.7 Å². The van der Waals surface area contributed by atoms with Crippen molar-refractivity contribution in [1.82, 2.24) is 30.0 Å². The minimum atomic E-state index is -0.184. The van der Waals surface area contributed by atoms with Gasteiger partial charge in [0.25, 0.3) is 5.91 Å². The summed E-state index contributed by atoms with van der Waals surface area (Å²) in [5.41, 5.74) is 2.21. The quantitative estimate of drug-likeness (QED) is 0.890. The molecule has 2 amide bonds. The van der Waals surface area contributed by atoms with E-state index < -0.39 is 0 Å². The second kappa shape index (κ2) is 7.42. The number of rotatable bonds is 4. The lowest BCUT2D eigenvalue weighted by Gasteiger charge is -2.31. The summed E-state index contributed by atoms with van der Waals surface area (Å²) in [4.78, 5) is 34.4. The number of hydrogen-bond donors (Lipinski definition) is 1. The maximum Gasteiger partial charge on any atom is 0.254 e. The molecule has 0 saturated carbocycles. The van der Waals surface area contributed by atoms with Crippen molar-refractivity contribution < 1.29 is 9.59 Å². The van der Waals surface area contributed by atoms with Crippen LogP contribution in [0.25, 0.3) is 0 Å². The molecule has 0 aromatic carbocycles. The first kappa shape index (κ1) is 17.1. The Kier molecular flexibility index (Phi) is 5.06. The smallest absolute Gasteiger partial charge is 0.254 e. The van der Waals surface area contributed by atoms with E-state index in [-0.39, 0.29) is 17.7 Å². The number of carbonyl (C=O) groups is 2. The van der Waals surface area contributed by atoms with Crippen molar-refractivity contribution >= 4 is 11.8 Å². The number of nitrogens with zero attached hydrogens (tertiary/aromatic N) is 5. The Morgan fingerprint density at radius 2 is 1.96 bits per heavy atom. The molecule has 0 bridgehead atoms. The van der Waals surface area contributed by atoms with Crippen LogP contribution in [-0.4, -0.2) is 49.6 Å². The van der Waals surface area contributed by atoms with E-state index in [1.165, 1.54) is 6.20 Å². The topological polar surface area (TPSA) is 93.0 Å². The highest BCUT2D eigenvalue weighted by Gasteiger charge is 2.25. The van der Waals surface area contributed by atoms with Crippen molar-refractivity contribution in [3.63, 3.8) is 0 Å². The van der Waals surface area contributed by atoms with Crippen LogP contribution in [0.2, 0.25) is 0 Å². The van der Waals surface area contributed by atoms with Crippen LogP contribution in [0.1, 0.15) is 47.4 Å². The first-order valence-corrected chi connectivity index (χ1v) is 8.36. The Morgan fingerprint density at radius 1 is 1.24 bits per heavy atom. The molecule has 0 aliphatic carbocycles. The van der Waals surface area contributed by atoms with Crippen LogP contribution in [0.5, 0.6) is 0 Å². The fourth-order valence-corrected chi connectivity index (χ4v) is 3.13. The number of hydrogen-bond acceptors (Lipinski definition) is 5. The second-order valence-electron chi connectivity index (χ2n) is 6.25. The van der Waals surface area contributed by atoms with Crippen molar-refractivity contribution in [3.8, 4) is 0 Å². The predicted molar refractivity (Wildman–Crippen MR) is 90.6 cm³/mol. The first-order chi connectivity index (χ1) is 12.0. The molecule has 25 heavy (non-hydrogen) atoms. The van der Waals surface area contributed by atoms with Crippen LogP contribution < -0.4 is 5.32 Å². The summed E-state index contributed by atoms with van der Waals surface area (Å²) >= 11 is 0. The molecule has 1 aliphatic heterocycles. The van der Waals surface area contributed by atoms with Crippen molar-refractivity contribution in [2.75, 3.05) is 13.1 Å². The number of nitrogens with one attached hydrogen (secondary N) is 1. The van der Waals surface area contributed by atoms with E-state index in [1.807, 2.05) is 4.90 Å². The van der Waals surface area contributed by atoms with E-state index in [0.717, 1.165) is 37.3 Å². The zero-order valence-corrected chi connectivity index (χ0v) is 14.5. The molecule has 3 heterocycles. The van der Waals surface area contributed by atoms with E-state index in [4.69, 9.17) is 0 Å². The molecule has 0 radical (unpaired) electrons. The summed E-state index contributed by atoms with van der Waals surface area (Å²) < 4.78 is 1.59. The monoisotopic (exact) mass is 342 g/mol. The number of piperidine rings is 1. The van der Waals surface area contributed by atoms with Crippen LogP contribution in [0.15, 0.2) is 24.8 Å². The predicted octanol–water partition coefficient (Wildman–Crippen LogP) is 0.866. The van der Waals surface area contributed by atoms with E-state index in [9.17, 15) is 9.59 Å². The molecule has 1 N–H and O–H groups in total. The van der Waals surface area contributed by atoms with Gasteiger partial charge in [0.1, 0.15) is 0 Å². The molecular formula is C17H22N6O2. The van der Waals surface area contributed by atoms with Crippen LogP contribution in [0.3, 0.4) is 0 Å². The second-order valence-corrected chi connectivity index (χ2v) is 6.25. The summed E-state index contributed by atoms with van der Waals surface area (Å²) in [6.07, 6.45) is 8.25. The van der Waals surface area contributed by atoms with Gasteiger partial charge in [-0.15, -0.1) is 0 Å². The highest BCUT2D eigenvalue weighted by molar-refractivity contribution is 5.93. The van der Waals surface area contributed by atoms with Gasteiger partial charge in [-0.1, -0.05) is 0 Å². The zero-order valence-electron chi connectivity index (χ0n) is 14.5. The normalized spacial score (nSPS) is 15.2. The Bertz CT molecular complexity index is 764. The third kappa shape index (κ3) is 4.01. The molecule has 3 rings (SSSR count). The minimum absolute atomic E-state index is 0.113. The van der Waals surface area contributed by atoms with Crippen LogP contribution in [0, 0.1) is 0 Å². The number of aromatic nitrogens is 4. The molecule has 1 saturated heterocycles. The van der Waals surface area contributed by atoms with Crippen LogP contribution >= 0.6 is 0 Å². The zero-order chi connectivity index (χ0) is 17.8. The third-order valence-electron chi connectivity index (χ3n) is 4.52. The van der Waals surface area contributed by atoms with Crippen molar-refractivity contribution in [3.05, 3.63) is 41.7 Å². The molecule has 0 spiro atoms. The summed E-state index contributed by atoms with van der Waals surface area (Å²) in [7, 11) is 1.77. The van der Waals surface area contributed by atoms with Gasteiger partial charge in [0.2, 0.25) is 5.91 Å². The van der Waals surface area contributed by atoms with Gasteiger partial charge >= 0.3 is 0 Å². The molecule has 8 nitrogen and oxygen atoms in total. The van der Waals surface area contributed by atoms with Gasteiger partial charge in [-0.25, -0.2) is 0 Å². The molecule has 0 unspecified atom stereocenters. The van der Waals surface area contributed by atoms with Gasteiger partial charge in [0.15, 0.2) is 0 Å². The average molecular weight is 342 g/mol. The summed E-state index contributed by atoms with van der Waals surface area (Å²) in [6.45, 7) is 3.39. The first-order valence-electron chi connectivity index (χ1n) is 8.36. The molecular weight excluding hydrogens is 320 g/mol. The standard InChI is InChI=1S/C17H22N6O2/c1-12(24)23-7-3-13(4-8-23)16-15(18-5-6-19-16)10-20-17(25)14-9-21-22(2)11-14/h5-6,9,11,13H,3-4,7-8,10H2,1-2H3,(H,20,25). The van der Waals surface area contributed by atoms with E-state index in [2.05, 4.69) is 20.4 Å². The molecule has 2 aromatic rings. The summed E-state index contributed by atoms with van der Waals surface area (Å²) in [5, 5.41) is 6.88. The molecule has 2 aromatic heterocycles. The van der Waals surface area contributed by atoms with Crippen molar-refractivity contribution in [2.24, 2.45) is 7.05 Å². The molecule has 0 atom stereocenters. The van der Waals surface area contributed by atoms with E-state index >= 15 is 0 Å². The van der Waals surface area contributed by atoms with E-state index in [0.29, 0.717) is 12.1 Å². The molecule has 1 fully saturated rings. The average Bonchev–Trinajstić information content (AvgIpc) is 3.06. The molecule has 1 aliphatic rings. The van der Waals surface area contributed by atoms with Crippen molar-refractivity contribution in [1.29, 1.82) is 0 Å². The Balaban J connectivity index is 1.65. The third-order valence-corrected chi connectivity index (χ3v) is 4.52. The fourth-order valence-electron chi connectivity index (χ4n) is 3.13. The van der Waals surface area contributed by atoms with Crippen LogP contribution in [0.4, 0.5) is 0 Å². The highest BCUT2D eigenvalue weighted by Crippen LogP contribution is 2.28. The lowest BCUT2D eigenvalue weighted by Crippen LogP contribution is -2.37. The number of carbonyl (C=O) groups excluding carboxylic acids is 2. The van der Waals surface area contributed by atoms with Crippen molar-refractivity contribution in [2.45, 2.75) is 32.2 Å². The SMILES string of the molecule is CC(=O)N1CCC(c2nccnc2CNC(=O)c2cnn(C)c2)CC1.